The predicted octanol–water partition coefficient (Wildman–Crippen LogP) is 2.01. The van der Waals surface area contributed by atoms with Crippen molar-refractivity contribution >= 4 is 5.91 Å². The molecule has 0 unspecified atom stereocenters. The van der Waals surface area contributed by atoms with Crippen molar-refractivity contribution in [3.8, 4) is 0 Å². The zero-order valence-electron chi connectivity index (χ0n) is 12.5. The van der Waals surface area contributed by atoms with E-state index < -0.39 is 0 Å². The normalized spacial score (nSPS) is 23.2. The fourth-order valence-electron chi connectivity index (χ4n) is 3.80. The SMILES string of the molecule is Cc1ccoc1C(=O)N1C[C@H]2C[C@H](C1)c1cccc(=O)n1C2. The molecule has 0 saturated carbocycles. The summed E-state index contributed by atoms with van der Waals surface area (Å²) in [6.07, 6.45) is 2.60. The summed E-state index contributed by atoms with van der Waals surface area (Å²) in [5, 5.41) is 0. The number of likely N-dealkylation sites (tertiary alicyclic amines) is 1. The van der Waals surface area contributed by atoms with Crippen LogP contribution in [-0.4, -0.2) is 28.5 Å². The molecule has 0 N–H and O–H groups in total. The standard InChI is InChI=1S/C17H18N2O3/c1-11-5-6-22-16(11)17(21)18-8-12-7-13(10-18)14-3-2-4-15(20)19(14)9-12/h2-6,12-13H,7-10H2,1H3/t12-,13-/m1/s1. The Morgan fingerprint density at radius 1 is 1.23 bits per heavy atom. The Kier molecular flexibility index (Phi) is 2.96. The highest BCUT2D eigenvalue weighted by Crippen LogP contribution is 2.35. The van der Waals surface area contributed by atoms with E-state index in [2.05, 4.69) is 0 Å². The molecule has 1 fully saturated rings. The van der Waals surface area contributed by atoms with Gasteiger partial charge in [0.15, 0.2) is 5.76 Å². The number of aryl methyl sites for hydroxylation is 1. The average Bonchev–Trinajstić information content (AvgIpc) is 2.93. The molecule has 0 aromatic carbocycles. The van der Waals surface area contributed by atoms with Gasteiger partial charge in [-0.15, -0.1) is 0 Å². The van der Waals surface area contributed by atoms with Gasteiger partial charge in [0.2, 0.25) is 0 Å². The quantitative estimate of drug-likeness (QED) is 0.809. The molecular weight excluding hydrogens is 280 g/mol. The molecule has 22 heavy (non-hydrogen) atoms. The van der Waals surface area contributed by atoms with Gasteiger partial charge >= 0.3 is 0 Å². The number of nitrogens with zero attached hydrogens (tertiary/aromatic N) is 2. The van der Waals surface area contributed by atoms with E-state index in [1.165, 1.54) is 0 Å². The van der Waals surface area contributed by atoms with Crippen LogP contribution in [0.2, 0.25) is 0 Å². The van der Waals surface area contributed by atoms with Crippen LogP contribution in [0.5, 0.6) is 0 Å². The molecule has 2 aliphatic heterocycles. The Morgan fingerprint density at radius 3 is 2.86 bits per heavy atom. The summed E-state index contributed by atoms with van der Waals surface area (Å²) in [6.45, 7) is 3.93. The number of furan rings is 1. The number of amides is 1. The first-order chi connectivity index (χ1) is 10.6. The Morgan fingerprint density at radius 2 is 2.09 bits per heavy atom. The summed E-state index contributed by atoms with van der Waals surface area (Å²) in [5.41, 5.74) is 1.99. The maximum Gasteiger partial charge on any atom is 0.289 e. The first kappa shape index (κ1) is 13.4. The molecular formula is C17H18N2O3. The topological polar surface area (TPSA) is 55.5 Å². The molecule has 4 heterocycles. The molecule has 2 bridgehead atoms. The van der Waals surface area contributed by atoms with Crippen LogP contribution in [0.1, 0.15) is 34.2 Å². The second-order valence-corrected chi connectivity index (χ2v) is 6.34. The van der Waals surface area contributed by atoms with Crippen molar-refractivity contribution in [2.24, 2.45) is 5.92 Å². The summed E-state index contributed by atoms with van der Waals surface area (Å²) in [4.78, 5) is 26.5. The number of fused-ring (bicyclic) bond motifs is 4. The van der Waals surface area contributed by atoms with Crippen molar-refractivity contribution in [3.63, 3.8) is 0 Å². The summed E-state index contributed by atoms with van der Waals surface area (Å²) < 4.78 is 7.22. The maximum absolute atomic E-state index is 12.7. The van der Waals surface area contributed by atoms with Gasteiger partial charge in [-0.3, -0.25) is 9.59 Å². The monoisotopic (exact) mass is 298 g/mol. The van der Waals surface area contributed by atoms with Crippen LogP contribution in [0, 0.1) is 12.8 Å². The van der Waals surface area contributed by atoms with E-state index in [0.717, 1.165) is 17.7 Å². The highest BCUT2D eigenvalue weighted by atomic mass is 16.3. The number of hydrogen-bond donors (Lipinski definition) is 0. The number of rotatable bonds is 1. The molecule has 0 radical (unpaired) electrons. The largest absolute Gasteiger partial charge is 0.459 e. The zero-order chi connectivity index (χ0) is 15.3. The van der Waals surface area contributed by atoms with Gasteiger partial charge in [0.1, 0.15) is 0 Å². The van der Waals surface area contributed by atoms with Crippen LogP contribution in [0.25, 0.3) is 0 Å². The van der Waals surface area contributed by atoms with Crippen LogP contribution in [0.4, 0.5) is 0 Å². The second kappa shape index (κ2) is 4.87. The third-order valence-electron chi connectivity index (χ3n) is 4.82. The second-order valence-electron chi connectivity index (χ2n) is 6.34. The molecule has 5 heteroatoms. The summed E-state index contributed by atoms with van der Waals surface area (Å²) >= 11 is 0. The van der Waals surface area contributed by atoms with Gasteiger partial charge in [0, 0.05) is 42.9 Å². The number of pyridine rings is 1. The summed E-state index contributed by atoms with van der Waals surface area (Å²) in [6, 6.07) is 7.24. The van der Waals surface area contributed by atoms with Gasteiger partial charge in [0.25, 0.3) is 11.5 Å². The van der Waals surface area contributed by atoms with Crippen molar-refractivity contribution in [3.05, 3.63) is 57.9 Å². The molecule has 114 valence electrons. The van der Waals surface area contributed by atoms with Crippen molar-refractivity contribution in [1.29, 1.82) is 0 Å². The molecule has 0 spiro atoms. The minimum atomic E-state index is -0.0380. The molecule has 2 aromatic rings. The maximum atomic E-state index is 12.7. The number of carbonyl (C=O) groups is 1. The number of carbonyl (C=O) groups excluding carboxylic acids is 1. The minimum absolute atomic E-state index is 0.0380. The van der Waals surface area contributed by atoms with Gasteiger partial charge in [-0.2, -0.15) is 0 Å². The molecule has 4 rings (SSSR count). The molecule has 2 aromatic heterocycles. The lowest BCUT2D eigenvalue weighted by molar-refractivity contribution is 0.0563. The lowest BCUT2D eigenvalue weighted by atomic mass is 9.83. The molecule has 2 atom stereocenters. The predicted molar refractivity (Wildman–Crippen MR) is 80.9 cm³/mol. The van der Waals surface area contributed by atoms with Gasteiger partial charge in [0.05, 0.1) is 6.26 Å². The number of hydrogen-bond acceptors (Lipinski definition) is 3. The van der Waals surface area contributed by atoms with Crippen molar-refractivity contribution in [1.82, 2.24) is 9.47 Å². The van der Waals surface area contributed by atoms with Gasteiger partial charge in [-0.25, -0.2) is 0 Å². The van der Waals surface area contributed by atoms with Gasteiger partial charge < -0.3 is 13.9 Å². The van der Waals surface area contributed by atoms with E-state index in [1.54, 1.807) is 12.3 Å². The Balaban J connectivity index is 1.65. The number of piperidine rings is 1. The van der Waals surface area contributed by atoms with Crippen LogP contribution < -0.4 is 5.56 Å². The minimum Gasteiger partial charge on any atom is -0.459 e. The lowest BCUT2D eigenvalue weighted by Crippen LogP contribution is -2.49. The van der Waals surface area contributed by atoms with Gasteiger partial charge in [-0.05, 0) is 31.4 Å². The van der Waals surface area contributed by atoms with E-state index >= 15 is 0 Å². The average molecular weight is 298 g/mol. The lowest BCUT2D eigenvalue weighted by Gasteiger charge is -2.42. The van der Waals surface area contributed by atoms with Crippen LogP contribution in [0.3, 0.4) is 0 Å². The molecule has 2 aliphatic rings. The summed E-state index contributed by atoms with van der Waals surface area (Å²) in [7, 11) is 0. The highest BCUT2D eigenvalue weighted by Gasteiger charge is 2.37. The molecule has 0 aliphatic carbocycles. The Bertz CT molecular complexity index is 789. The van der Waals surface area contributed by atoms with Crippen molar-refractivity contribution < 1.29 is 9.21 Å². The van der Waals surface area contributed by atoms with Crippen molar-refractivity contribution in [2.45, 2.75) is 25.8 Å². The van der Waals surface area contributed by atoms with E-state index in [9.17, 15) is 9.59 Å². The van der Waals surface area contributed by atoms with Crippen LogP contribution >= 0.6 is 0 Å². The summed E-state index contributed by atoms with van der Waals surface area (Å²) in [5.74, 6) is 0.973. The van der Waals surface area contributed by atoms with Gasteiger partial charge in [-0.1, -0.05) is 6.07 Å². The molecule has 5 nitrogen and oxygen atoms in total. The van der Waals surface area contributed by atoms with E-state index in [1.807, 2.05) is 34.6 Å². The van der Waals surface area contributed by atoms with Crippen LogP contribution in [0.15, 0.2) is 39.7 Å². The molecule has 1 amide bonds. The third kappa shape index (κ3) is 2.00. The van der Waals surface area contributed by atoms with E-state index in [4.69, 9.17) is 4.42 Å². The van der Waals surface area contributed by atoms with E-state index in [0.29, 0.717) is 31.3 Å². The highest BCUT2D eigenvalue weighted by molar-refractivity contribution is 5.93. The third-order valence-corrected chi connectivity index (χ3v) is 4.82. The smallest absolute Gasteiger partial charge is 0.289 e. The molecule has 1 saturated heterocycles. The van der Waals surface area contributed by atoms with Crippen molar-refractivity contribution in [2.75, 3.05) is 13.1 Å². The van der Waals surface area contributed by atoms with Crippen LogP contribution in [-0.2, 0) is 6.54 Å². The number of aromatic nitrogens is 1. The Labute approximate surface area is 128 Å². The first-order valence-corrected chi connectivity index (χ1v) is 7.66. The zero-order valence-corrected chi connectivity index (χ0v) is 12.5. The fraction of sp³-hybridized carbons (Fsp3) is 0.412. The van der Waals surface area contributed by atoms with E-state index in [-0.39, 0.29) is 17.4 Å². The first-order valence-electron chi connectivity index (χ1n) is 7.66. The fourth-order valence-corrected chi connectivity index (χ4v) is 3.80. The Hall–Kier alpha value is -2.30.